The van der Waals surface area contributed by atoms with Crippen LogP contribution in [0.5, 0.6) is 0 Å². The lowest BCUT2D eigenvalue weighted by Gasteiger charge is -2.51. The molecule has 822 valence electrons. The molecule has 0 aromatic carbocycles. The van der Waals surface area contributed by atoms with Crippen LogP contribution in [0.1, 0.15) is 48.5 Å². The highest BCUT2D eigenvalue weighted by molar-refractivity contribution is 5.74. The molecule has 0 aromatic rings. The largest absolute Gasteiger partial charge is 0.394 e. The van der Waals surface area contributed by atoms with Crippen molar-refractivity contribution in [2.24, 2.45) is 0 Å². The van der Waals surface area contributed by atoms with E-state index in [9.17, 15) is 177 Å². The highest BCUT2D eigenvalue weighted by Crippen LogP contribution is 2.43. The predicted octanol–water partition coefficient (Wildman–Crippen LogP) is -23.5. The highest BCUT2D eigenvalue weighted by atomic mass is 16.8. The van der Waals surface area contributed by atoms with Crippen molar-refractivity contribution in [3.63, 3.8) is 0 Å². The molecule has 0 aliphatic carbocycles. The number of hydrogen-bond acceptors (Lipinski definition) is 58. The molecule has 0 radical (unpaired) electrons. The molecule has 35 N–H and O–H groups in total. The molecular formula is C80H134N4O58. The molecule has 60 atom stereocenters. The van der Waals surface area contributed by atoms with Gasteiger partial charge in [-0.2, -0.15) is 0 Å². The van der Waals surface area contributed by atoms with Gasteiger partial charge in [0.1, 0.15) is 274 Å². The lowest BCUT2D eigenvalue weighted by Crippen LogP contribution is -2.71. The molecule has 12 rings (SSSR count). The second-order valence-corrected chi connectivity index (χ2v) is 36.6. The van der Waals surface area contributed by atoms with E-state index in [-0.39, 0.29) is 0 Å². The SMILES string of the molecule is CC(=O)N[C@@H]1[C@@H](O[C@H]2O[C@H](C)[C@H](O)[C@H](O)[C@H]2O)[C@H](O[C@@H]2O[C@H](CO)[C@@H](O[C@@H]3O[C@H](CO[C@H]4O[C@H](CO)[C@@H](O)[C@H](O)[C@@H]4O[C@@H]4O[C@H](CO[C@H]5O[C@H](C)[C@H](O)[C@H](O)[C@H]5O)[C@@H](O[C@@H]5O[C@H](CO)[C@H](O)[C@H](O)[C@H]5O)[C@H](O)[C@H]4NC(C)=O)[C@@H](O)[C@H](O[C@H]4O[C@H](CO)[C@@H](O)[C@H](O)[C@@H]4O[C@@H]4O[C@H](CO[C@H]5O[C@H](C)[C@H](O)[C@H](O)[C@H]5O)[C@@H](O[C@@H]5O[C@H](CO)[C@H](O)[C@H](O)[C@H]5O)[C@H](O)[C@H]4NC(C)=O)[C@@H]3O)[C@H](O)[C@H]2NC(C)=O)[C@@H](CO)O[C@H]1O. The molecule has 12 fully saturated rings. The fourth-order valence-electron chi connectivity index (χ4n) is 18.5. The number of hydrogen-bond donors (Lipinski definition) is 35. The summed E-state index contributed by atoms with van der Waals surface area (Å²) in [7, 11) is 0. The van der Waals surface area contributed by atoms with Crippen molar-refractivity contribution in [2.45, 2.75) is 417 Å². The number of carbonyl (C=O) groups is 4. The van der Waals surface area contributed by atoms with Gasteiger partial charge in [0.25, 0.3) is 0 Å². The first kappa shape index (κ1) is 116. The minimum absolute atomic E-state index is 0.884. The minimum atomic E-state index is -2.73. The van der Waals surface area contributed by atoms with Crippen molar-refractivity contribution >= 4 is 23.6 Å². The number of carbonyl (C=O) groups excluding carboxylic acids is 4. The Kier molecular flexibility index (Phi) is 41.2. The van der Waals surface area contributed by atoms with Crippen molar-refractivity contribution in [3.05, 3.63) is 0 Å². The van der Waals surface area contributed by atoms with E-state index in [1.807, 2.05) is 0 Å². The summed E-state index contributed by atoms with van der Waals surface area (Å²) < 4.78 is 139. The monoisotopic (exact) mass is 2080 g/mol. The minimum Gasteiger partial charge on any atom is -0.394 e. The first-order valence-electron chi connectivity index (χ1n) is 45.7. The lowest BCUT2D eigenvalue weighted by molar-refractivity contribution is -0.401. The highest BCUT2D eigenvalue weighted by Gasteiger charge is 2.63. The summed E-state index contributed by atoms with van der Waals surface area (Å²) in [5, 5.41) is 360. The van der Waals surface area contributed by atoms with Crippen LogP contribution < -0.4 is 21.3 Å². The van der Waals surface area contributed by atoms with Crippen LogP contribution >= 0.6 is 0 Å². The molecule has 62 heteroatoms. The topological polar surface area (TPSA) is 956 Å². The maximum Gasteiger partial charge on any atom is 0.217 e. The van der Waals surface area contributed by atoms with Crippen LogP contribution in [0.15, 0.2) is 0 Å². The average molecular weight is 2080 g/mol. The van der Waals surface area contributed by atoms with Crippen LogP contribution in [-0.2, 0) is 128 Å². The average Bonchev–Trinajstić information content (AvgIpc) is 0.749. The summed E-state index contributed by atoms with van der Waals surface area (Å²) in [4.78, 5) is 53.1. The summed E-state index contributed by atoms with van der Waals surface area (Å²) in [5.41, 5.74) is 0. The van der Waals surface area contributed by atoms with Crippen LogP contribution in [0, 0.1) is 0 Å². The Labute approximate surface area is 805 Å². The summed E-state index contributed by atoms with van der Waals surface area (Å²) in [6.45, 7) is -3.00. The molecule has 12 saturated heterocycles. The Balaban J connectivity index is 0.909. The molecule has 0 aromatic heterocycles. The molecule has 4 amide bonds. The molecule has 62 nitrogen and oxygen atoms in total. The zero-order chi connectivity index (χ0) is 104. The van der Waals surface area contributed by atoms with E-state index in [2.05, 4.69) is 21.3 Å². The van der Waals surface area contributed by atoms with Crippen molar-refractivity contribution in [3.8, 4) is 0 Å². The van der Waals surface area contributed by atoms with Gasteiger partial charge in [-0.25, -0.2) is 0 Å². The van der Waals surface area contributed by atoms with Gasteiger partial charge in [0.05, 0.1) is 77.8 Å². The second kappa shape index (κ2) is 50.3. The van der Waals surface area contributed by atoms with Crippen LogP contribution in [0.4, 0.5) is 0 Å². The number of rotatable bonds is 35. The third kappa shape index (κ3) is 25.5. The van der Waals surface area contributed by atoms with Crippen molar-refractivity contribution < 1.29 is 286 Å². The van der Waals surface area contributed by atoms with E-state index in [1.54, 1.807) is 0 Å². The van der Waals surface area contributed by atoms with Gasteiger partial charge < -0.3 is 289 Å². The van der Waals surface area contributed by atoms with E-state index in [0.717, 1.165) is 27.7 Å². The first-order chi connectivity index (χ1) is 67.0. The van der Waals surface area contributed by atoms with Gasteiger partial charge >= 0.3 is 0 Å². The van der Waals surface area contributed by atoms with Gasteiger partial charge in [-0.1, -0.05) is 0 Å². The van der Waals surface area contributed by atoms with Crippen molar-refractivity contribution in [1.29, 1.82) is 0 Å². The Morgan fingerprint density at radius 1 is 0.197 bits per heavy atom. The van der Waals surface area contributed by atoms with E-state index in [1.165, 1.54) is 20.8 Å². The third-order valence-electron chi connectivity index (χ3n) is 26.5. The van der Waals surface area contributed by atoms with E-state index in [0.29, 0.717) is 0 Å². The van der Waals surface area contributed by atoms with Gasteiger partial charge in [0.15, 0.2) is 75.5 Å². The number of amides is 4. The standard InChI is InChI=1S/C80H134N4O58/c1-17-37(95)48(106)55(113)73(123-17)120-15-31-62(136-76-58(116)51(109)40(98)24(8-85)127-76)46(104)34(82-21(5)92)71(133-31)141-67-53(111)42(100)26(10-87)129-79(67)122-14-30-44(102)66(60(118)78(132-30)135-61-28(12-89)131-70(33(45(61)103)81-20(4)91)138-64-29(13-90)126-69(119)36(84-23(7)94)65(64)139-75-57(115)50(108)39(97)19(3)125-75)140-80-68(54(112)43(101)27(11-88)130-80)142-72-35(83-22(6)93)47(105)63(137-77-59(117)52(110)41(99)25(9-86)128-77)32(134-72)16-121-74-56(114)49(107)38(96)18(2)124-74/h17-19,24-80,85-90,95-119H,8-16H2,1-7H3,(H,81,91)(H,82,92)(H,83,93)(H,84,94)/t17-,18-,19-,24-,25-,26-,27-,28-,29-,30-,31-,32-,33-,34-,35-,36-,37+,38+,39+,40+,41+,42-,43-,44-,45-,46-,47-,48+,49+,50+,51+,52+,53+,54+,55-,56-,57-,58-,59-,60+,61-,62-,63-,64-,65-,66+,67+,68+,69-,70+,71+,72+,73+,74+,75-,76+,77+,78+,79+,80-/m1/s1. The Morgan fingerprint density at radius 2 is 0.444 bits per heavy atom. The predicted molar refractivity (Wildman–Crippen MR) is 437 cm³/mol. The Hall–Kier alpha value is -4.28. The first-order valence-corrected chi connectivity index (χ1v) is 45.7. The molecule has 12 aliphatic heterocycles. The summed E-state index contributed by atoms with van der Waals surface area (Å²) in [6, 6.07) is -8.10. The number of aliphatic hydroxyl groups is 31. The van der Waals surface area contributed by atoms with Gasteiger partial charge in [-0.05, 0) is 20.8 Å². The number of nitrogens with one attached hydrogen (secondary N) is 4. The molecule has 0 bridgehead atoms. The maximum atomic E-state index is 13.5. The second-order valence-electron chi connectivity index (χ2n) is 36.6. The van der Waals surface area contributed by atoms with E-state index >= 15 is 0 Å². The van der Waals surface area contributed by atoms with Gasteiger partial charge in [0, 0.05) is 27.7 Å². The van der Waals surface area contributed by atoms with Gasteiger partial charge in [-0.3, -0.25) is 19.2 Å². The summed E-state index contributed by atoms with van der Waals surface area (Å²) >= 11 is 0. The fraction of sp³-hybridized carbons (Fsp3) is 0.950. The van der Waals surface area contributed by atoms with Crippen molar-refractivity contribution in [1.82, 2.24) is 21.3 Å². The van der Waals surface area contributed by atoms with Crippen molar-refractivity contribution in [2.75, 3.05) is 59.5 Å². The van der Waals surface area contributed by atoms with Crippen LogP contribution in [0.3, 0.4) is 0 Å². The Bertz CT molecular complexity index is 3940. The zero-order valence-electron chi connectivity index (χ0n) is 76.9. The molecule has 142 heavy (non-hydrogen) atoms. The molecule has 0 saturated carbocycles. The third-order valence-corrected chi connectivity index (χ3v) is 26.5. The molecule has 12 heterocycles. The smallest absolute Gasteiger partial charge is 0.217 e. The summed E-state index contributed by atoms with van der Waals surface area (Å²) in [5.74, 6) is -4.00. The summed E-state index contributed by atoms with van der Waals surface area (Å²) in [6.07, 6.45) is -118. The molecule has 0 spiro atoms. The number of aliphatic hydroxyl groups excluding tert-OH is 31. The molecule has 0 unspecified atom stereocenters. The van der Waals surface area contributed by atoms with E-state index in [4.69, 9.17) is 109 Å². The van der Waals surface area contributed by atoms with Crippen LogP contribution in [0.25, 0.3) is 0 Å². The zero-order valence-corrected chi connectivity index (χ0v) is 76.9. The normalized spacial score (nSPS) is 50.9. The van der Waals surface area contributed by atoms with Gasteiger partial charge in [0.2, 0.25) is 23.6 Å². The fourth-order valence-corrected chi connectivity index (χ4v) is 18.5. The molecular weight excluding hydrogens is 1940 g/mol. The molecule has 12 aliphatic rings. The van der Waals surface area contributed by atoms with Gasteiger partial charge in [-0.15, -0.1) is 0 Å². The maximum absolute atomic E-state index is 13.5. The number of ether oxygens (including phenoxy) is 23. The van der Waals surface area contributed by atoms with E-state index < -0.39 is 451 Å². The Morgan fingerprint density at radius 3 is 0.824 bits per heavy atom. The quantitative estimate of drug-likeness (QED) is 0.0280. The van der Waals surface area contributed by atoms with Crippen LogP contribution in [0.2, 0.25) is 0 Å². The lowest BCUT2D eigenvalue weighted by atomic mass is 9.93. The van der Waals surface area contributed by atoms with Crippen LogP contribution in [-0.4, -0.2) is 610 Å².